The zero-order chi connectivity index (χ0) is 18.3. The van der Waals surface area contributed by atoms with Crippen molar-refractivity contribution in [3.05, 3.63) is 42.2 Å². The SMILES string of the molecule is Nc1nc2cc(-c3ccn[nH]3)ccc2c2[nH]c(CNCC(F)(F)F)cc12. The third kappa shape index (κ3) is 3.08. The highest BCUT2D eigenvalue weighted by Crippen LogP contribution is 2.30. The van der Waals surface area contributed by atoms with Gasteiger partial charge in [-0.25, -0.2) is 4.98 Å². The zero-order valence-electron chi connectivity index (χ0n) is 13.5. The van der Waals surface area contributed by atoms with E-state index in [1.165, 1.54) is 0 Å². The quantitative estimate of drug-likeness (QED) is 0.449. The monoisotopic (exact) mass is 360 g/mol. The van der Waals surface area contributed by atoms with Gasteiger partial charge in [-0.05, 0) is 18.2 Å². The second kappa shape index (κ2) is 6.03. The third-order valence-electron chi connectivity index (χ3n) is 4.11. The Morgan fingerprint density at radius 3 is 2.69 bits per heavy atom. The van der Waals surface area contributed by atoms with Gasteiger partial charge in [-0.2, -0.15) is 18.3 Å². The molecule has 0 aliphatic carbocycles. The Bertz CT molecular complexity index is 1070. The molecular formula is C17H15F3N6. The first-order valence-electron chi connectivity index (χ1n) is 7.89. The first-order valence-corrected chi connectivity index (χ1v) is 7.89. The summed E-state index contributed by atoms with van der Waals surface area (Å²) in [4.78, 5) is 7.58. The molecule has 9 heteroatoms. The average molecular weight is 360 g/mol. The molecule has 0 saturated carbocycles. The Balaban J connectivity index is 1.72. The van der Waals surface area contributed by atoms with Crippen molar-refractivity contribution in [3.63, 3.8) is 0 Å². The number of pyridine rings is 1. The molecular weight excluding hydrogens is 345 g/mol. The Hall–Kier alpha value is -3.07. The van der Waals surface area contributed by atoms with Crippen LogP contribution in [0.15, 0.2) is 36.5 Å². The smallest absolute Gasteiger partial charge is 0.383 e. The molecule has 1 aromatic carbocycles. The first kappa shape index (κ1) is 16.4. The molecule has 0 unspecified atom stereocenters. The first-order chi connectivity index (χ1) is 12.4. The molecule has 0 radical (unpaired) electrons. The molecule has 0 spiro atoms. The molecule has 0 saturated heterocycles. The van der Waals surface area contributed by atoms with Crippen LogP contribution in [0.2, 0.25) is 0 Å². The molecule has 0 amide bonds. The van der Waals surface area contributed by atoms with E-state index in [4.69, 9.17) is 5.73 Å². The second-order valence-corrected chi connectivity index (χ2v) is 6.00. The standard InChI is InChI=1S/C17H15F3N6/c18-17(19,20)8-22-7-10-6-12-15(24-10)11-2-1-9(13-3-4-23-26-13)5-14(11)25-16(12)21/h1-6,22,24H,7-8H2,(H2,21,25)(H,23,26). The van der Waals surface area contributed by atoms with Crippen molar-refractivity contribution in [2.75, 3.05) is 12.3 Å². The van der Waals surface area contributed by atoms with Crippen LogP contribution < -0.4 is 11.1 Å². The highest BCUT2D eigenvalue weighted by Gasteiger charge is 2.26. The topological polar surface area (TPSA) is 95.4 Å². The number of nitrogens with zero attached hydrogens (tertiary/aromatic N) is 2. The number of alkyl halides is 3. The molecule has 5 N–H and O–H groups in total. The van der Waals surface area contributed by atoms with Crippen LogP contribution in [-0.2, 0) is 6.54 Å². The van der Waals surface area contributed by atoms with Crippen LogP contribution in [0.1, 0.15) is 5.69 Å². The second-order valence-electron chi connectivity index (χ2n) is 6.00. The van der Waals surface area contributed by atoms with Crippen LogP contribution in [0.5, 0.6) is 0 Å². The van der Waals surface area contributed by atoms with E-state index in [9.17, 15) is 13.2 Å². The lowest BCUT2D eigenvalue weighted by atomic mass is 10.1. The Morgan fingerprint density at radius 2 is 1.96 bits per heavy atom. The van der Waals surface area contributed by atoms with Gasteiger partial charge in [0.15, 0.2) is 0 Å². The minimum absolute atomic E-state index is 0.0569. The summed E-state index contributed by atoms with van der Waals surface area (Å²) < 4.78 is 36.8. The van der Waals surface area contributed by atoms with Crippen LogP contribution in [0, 0.1) is 0 Å². The lowest BCUT2D eigenvalue weighted by Crippen LogP contribution is -2.28. The van der Waals surface area contributed by atoms with E-state index in [0.29, 0.717) is 22.4 Å². The highest BCUT2D eigenvalue weighted by atomic mass is 19.4. The van der Waals surface area contributed by atoms with Crippen LogP contribution in [0.25, 0.3) is 33.1 Å². The molecule has 0 bridgehead atoms. The minimum Gasteiger partial charge on any atom is -0.383 e. The van der Waals surface area contributed by atoms with Crippen LogP contribution in [0.4, 0.5) is 19.0 Å². The lowest BCUT2D eigenvalue weighted by molar-refractivity contribution is -0.125. The molecule has 6 nitrogen and oxygen atoms in total. The minimum atomic E-state index is -4.25. The molecule has 3 heterocycles. The van der Waals surface area contributed by atoms with E-state index >= 15 is 0 Å². The van der Waals surface area contributed by atoms with E-state index in [2.05, 4.69) is 25.5 Å². The van der Waals surface area contributed by atoms with Crippen molar-refractivity contribution >= 4 is 27.6 Å². The van der Waals surface area contributed by atoms with Crippen molar-refractivity contribution in [3.8, 4) is 11.3 Å². The lowest BCUT2D eigenvalue weighted by Gasteiger charge is -2.06. The van der Waals surface area contributed by atoms with E-state index in [1.54, 1.807) is 12.3 Å². The Morgan fingerprint density at radius 1 is 1.12 bits per heavy atom. The van der Waals surface area contributed by atoms with E-state index in [1.807, 2.05) is 24.3 Å². The van der Waals surface area contributed by atoms with Gasteiger partial charge in [0.2, 0.25) is 0 Å². The zero-order valence-corrected chi connectivity index (χ0v) is 13.5. The number of nitrogens with two attached hydrogens (primary N) is 1. The van der Waals surface area contributed by atoms with Gasteiger partial charge in [-0.3, -0.25) is 5.10 Å². The fourth-order valence-electron chi connectivity index (χ4n) is 2.97. The van der Waals surface area contributed by atoms with Crippen molar-refractivity contribution in [2.24, 2.45) is 0 Å². The summed E-state index contributed by atoms with van der Waals surface area (Å²) in [5.41, 5.74) is 9.89. The maximum atomic E-state index is 12.3. The van der Waals surface area contributed by atoms with Crippen LogP contribution in [-0.4, -0.2) is 32.9 Å². The Labute approximate surface area is 145 Å². The van der Waals surface area contributed by atoms with Gasteiger partial charge in [0.1, 0.15) is 5.82 Å². The van der Waals surface area contributed by atoms with E-state index < -0.39 is 12.7 Å². The largest absolute Gasteiger partial charge is 0.401 e. The Kier molecular flexibility index (Phi) is 3.80. The summed E-state index contributed by atoms with van der Waals surface area (Å²) in [5.74, 6) is 0.326. The molecule has 0 atom stereocenters. The number of halogens is 3. The number of fused-ring (bicyclic) bond motifs is 3. The number of H-pyrrole nitrogens is 2. The van der Waals surface area contributed by atoms with Gasteiger partial charge in [-0.15, -0.1) is 0 Å². The number of nitrogen functional groups attached to an aromatic ring is 1. The number of aromatic nitrogens is 4. The summed E-state index contributed by atoms with van der Waals surface area (Å²) in [5, 5.41) is 10.7. The van der Waals surface area contributed by atoms with Gasteiger partial charge in [0.05, 0.1) is 23.3 Å². The molecule has 4 rings (SSSR count). The molecule has 0 fully saturated rings. The number of rotatable bonds is 4. The highest BCUT2D eigenvalue weighted by molar-refractivity contribution is 6.08. The fourth-order valence-corrected chi connectivity index (χ4v) is 2.97. The van der Waals surface area contributed by atoms with Gasteiger partial charge in [0, 0.05) is 34.8 Å². The predicted octanol–water partition coefficient (Wildman–Crippen LogP) is 3.34. The van der Waals surface area contributed by atoms with Gasteiger partial charge in [0.25, 0.3) is 0 Å². The normalized spacial score (nSPS) is 12.3. The van der Waals surface area contributed by atoms with Gasteiger partial charge >= 0.3 is 6.18 Å². The summed E-state index contributed by atoms with van der Waals surface area (Å²) in [6.45, 7) is -0.994. The van der Waals surface area contributed by atoms with Crippen LogP contribution >= 0.6 is 0 Å². The van der Waals surface area contributed by atoms with E-state index in [0.717, 1.165) is 22.2 Å². The summed E-state index contributed by atoms with van der Waals surface area (Å²) in [7, 11) is 0. The van der Waals surface area contributed by atoms with Crippen molar-refractivity contribution in [1.82, 2.24) is 25.5 Å². The molecule has 0 aliphatic rings. The maximum absolute atomic E-state index is 12.3. The van der Waals surface area contributed by atoms with E-state index in [-0.39, 0.29) is 6.54 Å². The third-order valence-corrected chi connectivity index (χ3v) is 4.11. The fraction of sp³-hybridized carbons (Fsp3) is 0.176. The molecule has 4 aromatic rings. The number of hydrogen-bond acceptors (Lipinski definition) is 4. The predicted molar refractivity (Wildman–Crippen MR) is 93.4 cm³/mol. The van der Waals surface area contributed by atoms with Crippen LogP contribution in [0.3, 0.4) is 0 Å². The summed E-state index contributed by atoms with van der Waals surface area (Å²) in [6.07, 6.45) is -2.59. The molecule has 0 aliphatic heterocycles. The van der Waals surface area contributed by atoms with Crippen molar-refractivity contribution in [1.29, 1.82) is 0 Å². The van der Waals surface area contributed by atoms with Gasteiger partial charge in [-0.1, -0.05) is 12.1 Å². The van der Waals surface area contributed by atoms with Crippen molar-refractivity contribution < 1.29 is 13.2 Å². The maximum Gasteiger partial charge on any atom is 0.401 e. The number of anilines is 1. The molecule has 3 aromatic heterocycles. The summed E-state index contributed by atoms with van der Waals surface area (Å²) in [6, 6.07) is 9.30. The molecule has 134 valence electrons. The molecule has 26 heavy (non-hydrogen) atoms. The summed E-state index contributed by atoms with van der Waals surface area (Å²) >= 11 is 0. The number of benzene rings is 1. The van der Waals surface area contributed by atoms with Gasteiger partial charge < -0.3 is 16.0 Å². The number of hydrogen-bond donors (Lipinski definition) is 4. The average Bonchev–Trinajstić information content (AvgIpc) is 3.23. The number of aromatic amines is 2. The van der Waals surface area contributed by atoms with Crippen molar-refractivity contribution in [2.45, 2.75) is 12.7 Å². The number of nitrogens with one attached hydrogen (secondary N) is 3.